The van der Waals surface area contributed by atoms with Gasteiger partial charge in [0.05, 0.1) is 12.6 Å². The van der Waals surface area contributed by atoms with E-state index in [1.807, 2.05) is 18.3 Å². The quantitative estimate of drug-likeness (QED) is 0.886. The maximum atomic E-state index is 9.56. The third-order valence-electron chi connectivity index (χ3n) is 4.11. The first kappa shape index (κ1) is 10.6. The molecule has 4 rings (SSSR count). The van der Waals surface area contributed by atoms with Crippen LogP contribution >= 0.6 is 11.6 Å². The zero-order chi connectivity index (χ0) is 12.3. The summed E-state index contributed by atoms with van der Waals surface area (Å²) in [5.74, 6) is 2.18. The maximum absolute atomic E-state index is 9.56. The molecule has 1 aliphatic heterocycles. The standard InChI is InChI=1S/C12H13ClN4O/c13-12-14-11(9-2-1-3-17(9)15-12)16-5-7-4-8(7)10(16)6-18/h1-3,7-8,10,18H,4-6H2/t7?,8?,10-/m0/s1. The highest BCUT2D eigenvalue weighted by molar-refractivity contribution is 6.28. The Morgan fingerprint density at radius 1 is 1.50 bits per heavy atom. The van der Waals surface area contributed by atoms with Gasteiger partial charge >= 0.3 is 0 Å². The van der Waals surface area contributed by atoms with Crippen molar-refractivity contribution in [3.63, 3.8) is 0 Å². The fourth-order valence-electron chi connectivity index (χ4n) is 3.15. The van der Waals surface area contributed by atoms with E-state index >= 15 is 0 Å². The van der Waals surface area contributed by atoms with Crippen molar-refractivity contribution in [2.75, 3.05) is 18.1 Å². The van der Waals surface area contributed by atoms with Crippen LogP contribution in [-0.4, -0.2) is 38.9 Å². The summed E-state index contributed by atoms with van der Waals surface area (Å²) in [5, 5.41) is 13.9. The minimum atomic E-state index is 0.176. The molecule has 0 radical (unpaired) electrons. The number of nitrogens with zero attached hydrogens (tertiary/aromatic N) is 4. The molecular formula is C12H13ClN4O. The minimum Gasteiger partial charge on any atom is -0.394 e. The maximum Gasteiger partial charge on any atom is 0.243 e. The fraction of sp³-hybridized carbons (Fsp3) is 0.500. The Bertz CT molecular complexity index is 613. The van der Waals surface area contributed by atoms with Crippen LogP contribution in [0.25, 0.3) is 5.52 Å². The van der Waals surface area contributed by atoms with E-state index in [1.54, 1.807) is 4.52 Å². The van der Waals surface area contributed by atoms with E-state index in [9.17, 15) is 5.11 Å². The van der Waals surface area contributed by atoms with Gasteiger partial charge in [0.2, 0.25) is 5.28 Å². The Kier molecular flexibility index (Phi) is 2.11. The highest BCUT2D eigenvalue weighted by atomic mass is 35.5. The van der Waals surface area contributed by atoms with Crippen LogP contribution in [-0.2, 0) is 0 Å². The first-order valence-electron chi connectivity index (χ1n) is 6.16. The van der Waals surface area contributed by atoms with Gasteiger partial charge in [0.25, 0.3) is 0 Å². The molecular weight excluding hydrogens is 252 g/mol. The van der Waals surface area contributed by atoms with Crippen LogP contribution in [0.5, 0.6) is 0 Å². The van der Waals surface area contributed by atoms with Crippen molar-refractivity contribution in [3.05, 3.63) is 23.6 Å². The van der Waals surface area contributed by atoms with Gasteiger partial charge in [0.15, 0.2) is 5.82 Å². The van der Waals surface area contributed by atoms with Gasteiger partial charge in [-0.1, -0.05) is 0 Å². The van der Waals surface area contributed by atoms with Crippen LogP contribution in [0.2, 0.25) is 5.28 Å². The average Bonchev–Trinajstić information content (AvgIpc) is 2.83. The Morgan fingerprint density at radius 2 is 2.39 bits per heavy atom. The molecule has 1 saturated heterocycles. The molecule has 5 nitrogen and oxygen atoms in total. The molecule has 94 valence electrons. The summed E-state index contributed by atoms with van der Waals surface area (Å²) in [7, 11) is 0. The summed E-state index contributed by atoms with van der Waals surface area (Å²) in [6.45, 7) is 1.14. The number of hydrogen-bond donors (Lipinski definition) is 1. The van der Waals surface area contributed by atoms with Crippen LogP contribution in [0, 0.1) is 11.8 Å². The number of halogens is 1. The monoisotopic (exact) mass is 264 g/mol. The van der Waals surface area contributed by atoms with E-state index in [4.69, 9.17) is 11.6 Å². The number of fused-ring (bicyclic) bond motifs is 2. The van der Waals surface area contributed by atoms with Crippen molar-refractivity contribution in [2.45, 2.75) is 12.5 Å². The van der Waals surface area contributed by atoms with Gasteiger partial charge in [0, 0.05) is 12.7 Å². The lowest BCUT2D eigenvalue weighted by Gasteiger charge is -2.27. The molecule has 1 aliphatic carbocycles. The molecule has 0 amide bonds. The summed E-state index contributed by atoms with van der Waals surface area (Å²) in [5.41, 5.74) is 0.944. The topological polar surface area (TPSA) is 53.7 Å². The van der Waals surface area contributed by atoms with Gasteiger partial charge < -0.3 is 10.0 Å². The first-order valence-corrected chi connectivity index (χ1v) is 6.54. The molecule has 3 heterocycles. The van der Waals surface area contributed by atoms with Gasteiger partial charge in [-0.25, -0.2) is 4.52 Å². The highest BCUT2D eigenvalue weighted by Crippen LogP contribution is 2.50. The molecule has 6 heteroatoms. The van der Waals surface area contributed by atoms with Crippen LogP contribution < -0.4 is 4.90 Å². The average molecular weight is 265 g/mol. The Labute approximate surface area is 109 Å². The van der Waals surface area contributed by atoms with Crippen molar-refractivity contribution in [3.8, 4) is 0 Å². The van der Waals surface area contributed by atoms with E-state index in [0.29, 0.717) is 11.8 Å². The second kappa shape index (κ2) is 3.59. The zero-order valence-electron chi connectivity index (χ0n) is 9.70. The summed E-state index contributed by atoms with van der Waals surface area (Å²) < 4.78 is 1.74. The molecule has 2 aromatic rings. The van der Waals surface area contributed by atoms with Crippen molar-refractivity contribution in [2.24, 2.45) is 11.8 Å². The second-order valence-corrected chi connectivity index (χ2v) is 5.44. The Morgan fingerprint density at radius 3 is 3.22 bits per heavy atom. The first-order chi connectivity index (χ1) is 8.78. The number of aromatic nitrogens is 3. The lowest BCUT2D eigenvalue weighted by molar-refractivity contribution is 0.255. The van der Waals surface area contributed by atoms with Crippen LogP contribution in [0.4, 0.5) is 5.82 Å². The smallest absolute Gasteiger partial charge is 0.243 e. The second-order valence-electron chi connectivity index (χ2n) is 5.10. The predicted molar refractivity (Wildman–Crippen MR) is 67.8 cm³/mol. The molecule has 2 unspecified atom stereocenters. The van der Waals surface area contributed by atoms with Crippen molar-refractivity contribution in [1.82, 2.24) is 14.6 Å². The summed E-state index contributed by atoms with van der Waals surface area (Å²) in [6.07, 6.45) is 3.09. The molecule has 1 N–H and O–H groups in total. The lowest BCUT2D eigenvalue weighted by Crippen LogP contribution is -2.36. The van der Waals surface area contributed by atoms with E-state index in [2.05, 4.69) is 15.0 Å². The van der Waals surface area contributed by atoms with E-state index in [-0.39, 0.29) is 17.9 Å². The molecule has 2 aliphatic rings. The molecule has 2 aromatic heterocycles. The van der Waals surface area contributed by atoms with Crippen molar-refractivity contribution >= 4 is 22.9 Å². The van der Waals surface area contributed by atoms with Crippen LogP contribution in [0.15, 0.2) is 18.3 Å². The number of hydrogen-bond acceptors (Lipinski definition) is 4. The molecule has 1 saturated carbocycles. The van der Waals surface area contributed by atoms with Crippen LogP contribution in [0.3, 0.4) is 0 Å². The zero-order valence-corrected chi connectivity index (χ0v) is 10.5. The molecule has 0 spiro atoms. The third kappa shape index (κ3) is 1.37. The number of aliphatic hydroxyl groups excluding tert-OH is 1. The number of aliphatic hydroxyl groups is 1. The van der Waals surface area contributed by atoms with Gasteiger partial charge in [0.1, 0.15) is 5.52 Å². The van der Waals surface area contributed by atoms with Gasteiger partial charge in [-0.3, -0.25) is 0 Å². The fourth-order valence-corrected chi connectivity index (χ4v) is 3.31. The van der Waals surface area contributed by atoms with E-state index < -0.39 is 0 Å². The molecule has 18 heavy (non-hydrogen) atoms. The summed E-state index contributed by atoms with van der Waals surface area (Å²) in [4.78, 5) is 6.54. The lowest BCUT2D eigenvalue weighted by atomic mass is 10.2. The molecule has 0 bridgehead atoms. The molecule has 2 fully saturated rings. The van der Waals surface area contributed by atoms with E-state index in [0.717, 1.165) is 17.9 Å². The van der Waals surface area contributed by atoms with Gasteiger partial charge in [-0.05, 0) is 42.0 Å². The largest absolute Gasteiger partial charge is 0.394 e. The molecule has 3 atom stereocenters. The Hall–Kier alpha value is -1.33. The van der Waals surface area contributed by atoms with Gasteiger partial charge in [-0.15, -0.1) is 5.10 Å². The normalized spacial score (nSPS) is 29.9. The van der Waals surface area contributed by atoms with Crippen LogP contribution in [0.1, 0.15) is 6.42 Å². The number of rotatable bonds is 2. The van der Waals surface area contributed by atoms with Crippen molar-refractivity contribution in [1.29, 1.82) is 0 Å². The van der Waals surface area contributed by atoms with Crippen molar-refractivity contribution < 1.29 is 5.11 Å². The summed E-state index contributed by atoms with van der Waals surface area (Å²) in [6, 6.07) is 4.08. The number of anilines is 1. The highest BCUT2D eigenvalue weighted by Gasteiger charge is 2.52. The third-order valence-corrected chi connectivity index (χ3v) is 4.27. The van der Waals surface area contributed by atoms with E-state index in [1.165, 1.54) is 6.42 Å². The SMILES string of the molecule is OC[C@H]1C2CC2CN1c1nc(Cl)nn2cccc12. The predicted octanol–water partition coefficient (Wildman–Crippen LogP) is 1.20. The number of piperidine rings is 1. The Balaban J connectivity index is 1.84. The van der Waals surface area contributed by atoms with Gasteiger partial charge in [-0.2, -0.15) is 4.98 Å². The minimum absolute atomic E-state index is 0.176. The summed E-state index contributed by atoms with van der Waals surface area (Å²) >= 11 is 5.97. The molecule has 0 aromatic carbocycles.